The lowest BCUT2D eigenvalue weighted by Gasteiger charge is -2.22. The quantitative estimate of drug-likeness (QED) is 0.174. The van der Waals surface area contributed by atoms with Crippen LogP contribution in [0.4, 0.5) is 0 Å². The predicted molar refractivity (Wildman–Crippen MR) is 255 cm³/mol. The molecule has 0 atom stereocenters. The first-order chi connectivity index (χ1) is 29.5. The minimum Gasteiger partial charge on any atom is -0.228 e. The van der Waals surface area contributed by atoms with Gasteiger partial charge in [0.15, 0.2) is 5.82 Å². The SMILES string of the molecule is CC1(C)c2cc3ccccc3cc2-c2c(-c3cc(-c4cc(-c5ccc6sc7ccccc7c6c5)cc(-c5cccc6ccccc56)c4)nc(-c4ccccc4)n3)cccc21. The second-order valence-electron chi connectivity index (χ2n) is 16.6. The van der Waals surface area contributed by atoms with Crippen LogP contribution in [0.25, 0.3) is 109 Å². The zero-order valence-corrected chi connectivity index (χ0v) is 34.1. The van der Waals surface area contributed by atoms with E-state index in [9.17, 15) is 0 Å². The van der Waals surface area contributed by atoms with Crippen molar-refractivity contribution < 1.29 is 0 Å². The summed E-state index contributed by atoms with van der Waals surface area (Å²) in [5, 5.41) is 7.54. The van der Waals surface area contributed by atoms with Gasteiger partial charge < -0.3 is 0 Å². The molecule has 0 saturated carbocycles. The summed E-state index contributed by atoms with van der Waals surface area (Å²) in [4.78, 5) is 10.8. The van der Waals surface area contributed by atoms with Crippen molar-refractivity contribution in [2.45, 2.75) is 19.3 Å². The number of aromatic nitrogens is 2. The summed E-state index contributed by atoms with van der Waals surface area (Å²) < 4.78 is 2.61. The van der Waals surface area contributed by atoms with E-state index in [0.717, 1.165) is 39.2 Å². The molecule has 1 aliphatic carbocycles. The molecule has 9 aromatic carbocycles. The van der Waals surface area contributed by atoms with Gasteiger partial charge in [0.25, 0.3) is 0 Å². The Morgan fingerprint density at radius 1 is 0.367 bits per heavy atom. The topological polar surface area (TPSA) is 25.8 Å². The van der Waals surface area contributed by atoms with Crippen molar-refractivity contribution in [2.75, 3.05) is 0 Å². The molecule has 0 N–H and O–H groups in total. The summed E-state index contributed by atoms with van der Waals surface area (Å²) >= 11 is 1.85. The summed E-state index contributed by atoms with van der Waals surface area (Å²) in [5.74, 6) is 0.708. The van der Waals surface area contributed by atoms with Crippen molar-refractivity contribution in [3.63, 3.8) is 0 Å². The molecule has 0 spiro atoms. The summed E-state index contributed by atoms with van der Waals surface area (Å²) in [6, 6.07) is 70.8. The van der Waals surface area contributed by atoms with Gasteiger partial charge in [-0.15, -0.1) is 11.3 Å². The van der Waals surface area contributed by atoms with Crippen LogP contribution in [0.1, 0.15) is 25.0 Å². The number of fused-ring (bicyclic) bond motifs is 8. The van der Waals surface area contributed by atoms with Crippen molar-refractivity contribution in [3.05, 3.63) is 205 Å². The fraction of sp³-hybridized carbons (Fsp3) is 0.0526. The molecule has 2 nitrogen and oxygen atoms in total. The molecular weight excluding hydrogens is 745 g/mol. The maximum absolute atomic E-state index is 5.41. The van der Waals surface area contributed by atoms with Crippen LogP contribution in [0.5, 0.6) is 0 Å². The molecule has 12 rings (SSSR count). The number of hydrogen-bond acceptors (Lipinski definition) is 3. The lowest BCUT2D eigenvalue weighted by molar-refractivity contribution is 0.661. The summed E-state index contributed by atoms with van der Waals surface area (Å²) in [5.41, 5.74) is 14.7. The van der Waals surface area contributed by atoms with Crippen LogP contribution in [0, 0.1) is 0 Å². The van der Waals surface area contributed by atoms with Gasteiger partial charge in [-0.1, -0.05) is 153 Å². The zero-order valence-electron chi connectivity index (χ0n) is 33.3. The van der Waals surface area contributed by atoms with Gasteiger partial charge in [-0.25, -0.2) is 9.97 Å². The highest BCUT2D eigenvalue weighted by Gasteiger charge is 2.37. The van der Waals surface area contributed by atoms with Crippen molar-refractivity contribution in [2.24, 2.45) is 0 Å². The van der Waals surface area contributed by atoms with Crippen LogP contribution < -0.4 is 0 Å². The zero-order chi connectivity index (χ0) is 40.0. The molecule has 0 bridgehead atoms. The largest absolute Gasteiger partial charge is 0.228 e. The monoisotopic (exact) mass is 782 g/mol. The highest BCUT2D eigenvalue weighted by molar-refractivity contribution is 7.25. The molecule has 3 heteroatoms. The number of hydrogen-bond donors (Lipinski definition) is 0. The van der Waals surface area contributed by atoms with Crippen molar-refractivity contribution in [3.8, 4) is 67.3 Å². The van der Waals surface area contributed by atoms with Gasteiger partial charge in [-0.2, -0.15) is 0 Å². The van der Waals surface area contributed by atoms with Gasteiger partial charge in [0.05, 0.1) is 11.4 Å². The van der Waals surface area contributed by atoms with E-state index in [1.165, 1.54) is 75.1 Å². The maximum Gasteiger partial charge on any atom is 0.160 e. The second-order valence-corrected chi connectivity index (χ2v) is 17.6. The Bertz CT molecular complexity index is 3520. The van der Waals surface area contributed by atoms with E-state index in [2.05, 4.69) is 208 Å². The average molecular weight is 783 g/mol. The molecule has 1 aliphatic rings. The van der Waals surface area contributed by atoms with E-state index >= 15 is 0 Å². The number of rotatable bonds is 5. The minimum atomic E-state index is -0.167. The Labute approximate surface area is 353 Å². The second kappa shape index (κ2) is 13.4. The Hall–Kier alpha value is -7.20. The van der Waals surface area contributed by atoms with Crippen LogP contribution >= 0.6 is 11.3 Å². The van der Waals surface area contributed by atoms with Gasteiger partial charge in [0, 0.05) is 42.3 Å². The van der Waals surface area contributed by atoms with Gasteiger partial charge in [-0.3, -0.25) is 0 Å². The first-order valence-corrected chi connectivity index (χ1v) is 21.5. The highest BCUT2D eigenvalue weighted by atomic mass is 32.1. The number of benzene rings is 9. The Morgan fingerprint density at radius 2 is 1.02 bits per heavy atom. The Kier molecular flexibility index (Phi) is 7.79. The molecule has 0 unspecified atom stereocenters. The summed E-state index contributed by atoms with van der Waals surface area (Å²) in [6.07, 6.45) is 0. The maximum atomic E-state index is 5.41. The van der Waals surface area contributed by atoms with Crippen LogP contribution in [0.15, 0.2) is 194 Å². The fourth-order valence-corrected chi connectivity index (χ4v) is 10.7. The lowest BCUT2D eigenvalue weighted by atomic mass is 9.81. The molecule has 2 aromatic heterocycles. The predicted octanol–water partition coefficient (Wildman–Crippen LogP) is 15.8. The van der Waals surface area contributed by atoms with Crippen LogP contribution in [0.2, 0.25) is 0 Å². The number of nitrogens with zero attached hydrogens (tertiary/aromatic N) is 2. The molecule has 60 heavy (non-hydrogen) atoms. The van der Waals surface area contributed by atoms with Crippen LogP contribution in [-0.2, 0) is 5.41 Å². The van der Waals surface area contributed by atoms with Gasteiger partial charge in [0.2, 0.25) is 0 Å². The number of thiophene rings is 1. The third-order valence-electron chi connectivity index (χ3n) is 12.6. The summed E-state index contributed by atoms with van der Waals surface area (Å²) in [7, 11) is 0. The van der Waals surface area contributed by atoms with Gasteiger partial charge in [-0.05, 0) is 121 Å². The summed E-state index contributed by atoms with van der Waals surface area (Å²) in [6.45, 7) is 4.71. The van der Waals surface area contributed by atoms with Crippen molar-refractivity contribution in [1.29, 1.82) is 0 Å². The molecule has 0 amide bonds. The molecule has 0 fully saturated rings. The molecule has 11 aromatic rings. The first kappa shape index (κ1) is 34.8. The fourth-order valence-electron chi connectivity index (χ4n) is 9.62. The van der Waals surface area contributed by atoms with Gasteiger partial charge in [0.1, 0.15) is 0 Å². The van der Waals surface area contributed by atoms with Crippen LogP contribution in [-0.4, -0.2) is 9.97 Å². The van der Waals surface area contributed by atoms with E-state index in [0.29, 0.717) is 5.82 Å². The van der Waals surface area contributed by atoms with E-state index in [1.807, 2.05) is 11.3 Å². The molecule has 0 aliphatic heterocycles. The van der Waals surface area contributed by atoms with E-state index in [1.54, 1.807) is 0 Å². The third kappa shape index (κ3) is 5.54. The molecule has 282 valence electrons. The molecule has 0 saturated heterocycles. The normalized spacial score (nSPS) is 13.0. The van der Waals surface area contributed by atoms with Crippen LogP contribution in [0.3, 0.4) is 0 Å². The van der Waals surface area contributed by atoms with Gasteiger partial charge >= 0.3 is 0 Å². The Balaban J connectivity index is 1.11. The molecule has 2 heterocycles. The van der Waals surface area contributed by atoms with E-state index in [-0.39, 0.29) is 5.41 Å². The standard InChI is InChI=1S/C57H38N2S/c1-57(2)49-24-13-23-46(55(49)48-32-37-17-6-7-18-38(37)33-50(48)57)52-34-51(58-56(59-52)36-15-4-3-5-16-36)42-29-40(28-41(30-42)44-22-12-19-35-14-8-9-20-43(35)44)39-26-27-54-47(31-39)45-21-10-11-25-53(45)60-54/h3-34H,1-2H3. The van der Waals surface area contributed by atoms with E-state index in [4.69, 9.17) is 9.97 Å². The smallest absolute Gasteiger partial charge is 0.160 e. The first-order valence-electron chi connectivity index (χ1n) is 20.6. The molecular formula is C57H38N2S. The Morgan fingerprint density at radius 3 is 1.88 bits per heavy atom. The highest BCUT2D eigenvalue weighted by Crippen LogP contribution is 2.53. The van der Waals surface area contributed by atoms with E-state index < -0.39 is 0 Å². The van der Waals surface area contributed by atoms with Crippen molar-refractivity contribution in [1.82, 2.24) is 9.97 Å². The lowest BCUT2D eigenvalue weighted by Crippen LogP contribution is -2.14. The molecule has 0 radical (unpaired) electrons. The minimum absolute atomic E-state index is 0.167. The van der Waals surface area contributed by atoms with Crippen molar-refractivity contribution >= 4 is 53.1 Å². The third-order valence-corrected chi connectivity index (χ3v) is 13.8. The average Bonchev–Trinajstić information content (AvgIpc) is 3.79.